The first kappa shape index (κ1) is 16.7. The molecule has 0 bridgehead atoms. The number of H-pyrrole nitrogens is 2. The summed E-state index contributed by atoms with van der Waals surface area (Å²) in [7, 11) is 0. The molecule has 3 N–H and O–H groups in total. The van der Waals surface area contributed by atoms with Crippen LogP contribution in [0.5, 0.6) is 5.88 Å². The lowest BCUT2D eigenvalue weighted by Crippen LogP contribution is -1.87. The standard InChI is InChI=1S/C18H12N8O3/c1-8-2-4-12-10(6-8)14-16(19-12)21-18(24-22-14)25-23-15-11-7-9(26(28)29)3-5-13(11)20-17(15)27/h2-7,20,27H,1H3,(H,19,21,24). The number of aromatic hydroxyl groups is 1. The van der Waals surface area contributed by atoms with Gasteiger partial charge in [-0.25, -0.2) is 0 Å². The molecule has 0 saturated heterocycles. The Morgan fingerprint density at radius 1 is 1.03 bits per heavy atom. The number of non-ortho nitro benzene ring substituents is 1. The number of nitrogens with zero attached hydrogens (tertiary/aromatic N) is 6. The zero-order valence-corrected chi connectivity index (χ0v) is 14.9. The minimum atomic E-state index is -0.525. The number of azo groups is 1. The Morgan fingerprint density at radius 2 is 1.83 bits per heavy atom. The van der Waals surface area contributed by atoms with Crippen molar-refractivity contribution in [1.29, 1.82) is 0 Å². The quantitative estimate of drug-likeness (QED) is 0.237. The van der Waals surface area contributed by atoms with Crippen molar-refractivity contribution in [3.05, 3.63) is 52.1 Å². The van der Waals surface area contributed by atoms with Crippen molar-refractivity contribution >= 4 is 50.3 Å². The summed E-state index contributed by atoms with van der Waals surface area (Å²) in [6.45, 7) is 1.99. The summed E-state index contributed by atoms with van der Waals surface area (Å²) in [5, 5.41) is 38.4. The molecular weight excluding hydrogens is 376 g/mol. The van der Waals surface area contributed by atoms with E-state index in [2.05, 4.69) is 35.4 Å². The Kier molecular flexibility index (Phi) is 3.50. The third-order valence-electron chi connectivity index (χ3n) is 4.54. The van der Waals surface area contributed by atoms with E-state index in [4.69, 9.17) is 0 Å². The van der Waals surface area contributed by atoms with Gasteiger partial charge in [-0.05, 0) is 25.1 Å². The predicted octanol–water partition coefficient (Wildman–Crippen LogP) is 4.33. The molecule has 0 aliphatic rings. The highest BCUT2D eigenvalue weighted by molar-refractivity contribution is 6.03. The molecule has 0 atom stereocenters. The lowest BCUT2D eigenvalue weighted by molar-refractivity contribution is -0.384. The van der Waals surface area contributed by atoms with Crippen LogP contribution in [-0.2, 0) is 0 Å². The van der Waals surface area contributed by atoms with Crippen molar-refractivity contribution < 1.29 is 10.0 Å². The highest BCUT2D eigenvalue weighted by Gasteiger charge is 2.15. The molecule has 29 heavy (non-hydrogen) atoms. The Labute approximate surface area is 161 Å². The topological polar surface area (TPSA) is 158 Å². The number of nitro groups is 1. The minimum Gasteiger partial charge on any atom is -0.493 e. The molecule has 0 radical (unpaired) electrons. The summed E-state index contributed by atoms with van der Waals surface area (Å²) in [5.74, 6) is -0.278. The molecule has 142 valence electrons. The highest BCUT2D eigenvalue weighted by atomic mass is 16.6. The number of aromatic amines is 2. The number of hydrogen-bond donors (Lipinski definition) is 3. The summed E-state index contributed by atoms with van der Waals surface area (Å²) < 4.78 is 0. The molecule has 0 aliphatic heterocycles. The molecule has 11 heteroatoms. The summed E-state index contributed by atoms with van der Waals surface area (Å²) in [4.78, 5) is 20.6. The number of benzene rings is 2. The average Bonchev–Trinajstić information content (AvgIpc) is 3.21. The van der Waals surface area contributed by atoms with Gasteiger partial charge >= 0.3 is 0 Å². The van der Waals surface area contributed by atoms with Crippen molar-refractivity contribution in [1.82, 2.24) is 25.1 Å². The van der Waals surface area contributed by atoms with Crippen molar-refractivity contribution in [2.45, 2.75) is 6.92 Å². The van der Waals surface area contributed by atoms with E-state index in [-0.39, 0.29) is 23.2 Å². The van der Waals surface area contributed by atoms with E-state index >= 15 is 0 Å². The fourth-order valence-electron chi connectivity index (χ4n) is 3.18. The second-order valence-corrected chi connectivity index (χ2v) is 6.49. The monoisotopic (exact) mass is 388 g/mol. The molecular formula is C18H12N8O3. The molecule has 0 aliphatic carbocycles. The molecule has 0 amide bonds. The number of fused-ring (bicyclic) bond motifs is 4. The number of aryl methyl sites for hydroxylation is 1. The number of rotatable bonds is 3. The Morgan fingerprint density at radius 3 is 2.66 bits per heavy atom. The number of aromatic nitrogens is 5. The van der Waals surface area contributed by atoms with E-state index in [0.29, 0.717) is 22.1 Å². The molecule has 0 unspecified atom stereocenters. The Hall–Kier alpha value is -4.41. The average molecular weight is 388 g/mol. The molecule has 0 fully saturated rings. The molecule has 5 aromatic rings. The van der Waals surface area contributed by atoms with Gasteiger partial charge in [0.1, 0.15) is 5.52 Å². The first-order valence-corrected chi connectivity index (χ1v) is 8.53. The van der Waals surface area contributed by atoms with Gasteiger partial charge in [-0.15, -0.1) is 20.4 Å². The van der Waals surface area contributed by atoms with Gasteiger partial charge in [-0.2, -0.15) is 4.98 Å². The van der Waals surface area contributed by atoms with Crippen LogP contribution >= 0.6 is 0 Å². The lowest BCUT2D eigenvalue weighted by atomic mass is 10.2. The summed E-state index contributed by atoms with van der Waals surface area (Å²) >= 11 is 0. The summed E-state index contributed by atoms with van der Waals surface area (Å²) in [6.07, 6.45) is 0. The van der Waals surface area contributed by atoms with Crippen molar-refractivity contribution in [3.63, 3.8) is 0 Å². The molecule has 0 spiro atoms. The number of nitrogens with one attached hydrogen (secondary N) is 2. The normalized spacial score (nSPS) is 11.9. The molecule has 3 heterocycles. The zero-order valence-electron chi connectivity index (χ0n) is 14.9. The predicted molar refractivity (Wildman–Crippen MR) is 105 cm³/mol. The third kappa shape index (κ3) is 2.72. The van der Waals surface area contributed by atoms with Crippen LogP contribution in [0.4, 0.5) is 17.3 Å². The van der Waals surface area contributed by atoms with Crippen LogP contribution in [0.3, 0.4) is 0 Å². The van der Waals surface area contributed by atoms with Gasteiger partial charge in [0.15, 0.2) is 11.3 Å². The molecule has 2 aromatic carbocycles. The van der Waals surface area contributed by atoms with Crippen LogP contribution in [0, 0.1) is 17.0 Å². The van der Waals surface area contributed by atoms with E-state index < -0.39 is 4.92 Å². The largest absolute Gasteiger partial charge is 0.493 e. The maximum absolute atomic E-state index is 11.0. The highest BCUT2D eigenvalue weighted by Crippen LogP contribution is 2.37. The van der Waals surface area contributed by atoms with Gasteiger partial charge in [0.25, 0.3) is 11.6 Å². The van der Waals surface area contributed by atoms with Crippen LogP contribution in [0.25, 0.3) is 33.0 Å². The van der Waals surface area contributed by atoms with Gasteiger partial charge < -0.3 is 15.1 Å². The van der Waals surface area contributed by atoms with E-state index in [1.807, 2.05) is 25.1 Å². The van der Waals surface area contributed by atoms with E-state index in [1.165, 1.54) is 18.2 Å². The lowest BCUT2D eigenvalue weighted by Gasteiger charge is -1.94. The van der Waals surface area contributed by atoms with Crippen molar-refractivity contribution in [2.24, 2.45) is 10.2 Å². The maximum Gasteiger partial charge on any atom is 0.289 e. The van der Waals surface area contributed by atoms with E-state index in [9.17, 15) is 15.2 Å². The van der Waals surface area contributed by atoms with E-state index in [0.717, 1.165) is 16.5 Å². The zero-order chi connectivity index (χ0) is 20.1. The van der Waals surface area contributed by atoms with Crippen LogP contribution in [0.1, 0.15) is 5.56 Å². The van der Waals surface area contributed by atoms with Gasteiger partial charge in [0, 0.05) is 28.4 Å². The summed E-state index contributed by atoms with van der Waals surface area (Å²) in [5.41, 5.74) is 3.51. The van der Waals surface area contributed by atoms with Crippen molar-refractivity contribution in [3.8, 4) is 5.88 Å². The maximum atomic E-state index is 11.0. The fraction of sp³-hybridized carbons (Fsp3) is 0.0556. The van der Waals surface area contributed by atoms with Gasteiger partial charge in [0.05, 0.1) is 10.4 Å². The second-order valence-electron chi connectivity index (χ2n) is 6.49. The smallest absolute Gasteiger partial charge is 0.289 e. The van der Waals surface area contributed by atoms with Crippen LogP contribution < -0.4 is 0 Å². The Balaban J connectivity index is 1.58. The SMILES string of the molecule is Cc1ccc2[nH]c3nc(N=Nc4c(O)[nH]c5ccc([N+](=O)[O-])cc45)nnc3c2c1. The molecule has 0 saturated carbocycles. The number of nitro benzene ring substituents is 1. The summed E-state index contributed by atoms with van der Waals surface area (Å²) in [6, 6.07) is 10.0. The Bertz CT molecular complexity index is 1470. The molecule has 5 rings (SSSR count). The first-order valence-electron chi connectivity index (χ1n) is 8.53. The first-order chi connectivity index (χ1) is 14.0. The van der Waals surface area contributed by atoms with E-state index in [1.54, 1.807) is 0 Å². The van der Waals surface area contributed by atoms with Crippen LogP contribution in [0.2, 0.25) is 0 Å². The molecule has 3 aromatic heterocycles. The van der Waals surface area contributed by atoms with Crippen LogP contribution in [0.15, 0.2) is 46.6 Å². The second kappa shape index (κ2) is 6.05. The van der Waals surface area contributed by atoms with Gasteiger partial charge in [-0.3, -0.25) is 10.1 Å². The van der Waals surface area contributed by atoms with Crippen molar-refractivity contribution in [2.75, 3.05) is 0 Å². The van der Waals surface area contributed by atoms with Crippen LogP contribution in [-0.4, -0.2) is 35.2 Å². The molecule has 11 nitrogen and oxygen atoms in total. The van der Waals surface area contributed by atoms with Gasteiger partial charge in [-0.1, -0.05) is 11.6 Å². The third-order valence-corrected chi connectivity index (χ3v) is 4.54. The number of hydrogen-bond acceptors (Lipinski definition) is 8. The fourth-order valence-corrected chi connectivity index (χ4v) is 3.18. The minimum absolute atomic E-state index is 0.0139. The van der Waals surface area contributed by atoms with Gasteiger partial charge in [0.2, 0.25) is 5.88 Å².